The van der Waals surface area contributed by atoms with Gasteiger partial charge in [0.2, 0.25) is 5.91 Å². The number of carbonyl (C=O) groups is 4. The summed E-state index contributed by atoms with van der Waals surface area (Å²) >= 11 is 0. The quantitative estimate of drug-likeness (QED) is 0.363. The fraction of sp³-hybridized carbons (Fsp3) is 0.545. The third-order valence-electron chi connectivity index (χ3n) is 8.98. The lowest BCUT2D eigenvalue weighted by molar-refractivity contribution is -0.168. The minimum atomic E-state index is -1.12. The first-order valence-corrected chi connectivity index (χ1v) is 15.6. The maximum atomic E-state index is 13.9. The van der Waals surface area contributed by atoms with Crippen LogP contribution in [-0.4, -0.2) is 69.6 Å². The van der Waals surface area contributed by atoms with Gasteiger partial charge in [0, 0.05) is 11.9 Å². The average molecular weight is 606 g/mol. The van der Waals surface area contributed by atoms with Crippen molar-refractivity contribution in [3.8, 4) is 0 Å². The number of nitrogens with zero attached hydrogens (tertiary/aromatic N) is 2. The van der Waals surface area contributed by atoms with E-state index in [1.165, 1.54) is 5.01 Å². The number of pyridine rings is 1. The highest BCUT2D eigenvalue weighted by atomic mass is 16.5. The Kier molecular flexibility index (Phi) is 9.36. The van der Waals surface area contributed by atoms with Gasteiger partial charge in [-0.1, -0.05) is 44.2 Å². The zero-order valence-electron chi connectivity index (χ0n) is 25.8. The van der Waals surface area contributed by atoms with E-state index < -0.39 is 47.5 Å². The molecule has 2 aliphatic heterocycles. The molecule has 3 amide bonds. The molecular formula is C33H43N5O6. The molecule has 1 aliphatic carbocycles. The fourth-order valence-corrected chi connectivity index (χ4v) is 6.15. The van der Waals surface area contributed by atoms with Crippen LogP contribution in [0.5, 0.6) is 0 Å². The summed E-state index contributed by atoms with van der Waals surface area (Å²) in [6.07, 6.45) is 4.84. The van der Waals surface area contributed by atoms with Gasteiger partial charge in [0.1, 0.15) is 12.1 Å². The van der Waals surface area contributed by atoms with Crippen LogP contribution < -0.4 is 16.1 Å². The van der Waals surface area contributed by atoms with E-state index in [1.807, 2.05) is 49.4 Å². The first-order chi connectivity index (χ1) is 21.0. The molecule has 2 fully saturated rings. The normalized spacial score (nSPS) is 31.5. The van der Waals surface area contributed by atoms with Gasteiger partial charge < -0.3 is 20.5 Å². The molecule has 5 rings (SSSR count). The second-order valence-corrected chi connectivity index (χ2v) is 12.8. The minimum absolute atomic E-state index is 0.245. The number of hydrazine groups is 1. The summed E-state index contributed by atoms with van der Waals surface area (Å²) in [4.78, 5) is 58.7. The van der Waals surface area contributed by atoms with Gasteiger partial charge in [0.15, 0.2) is 6.10 Å². The van der Waals surface area contributed by atoms with Crippen LogP contribution in [-0.2, 0) is 23.9 Å². The molecule has 11 heteroatoms. The second-order valence-electron chi connectivity index (χ2n) is 12.8. The number of hydrogen-bond donors (Lipinski definition) is 4. The molecule has 0 radical (unpaired) electrons. The predicted molar refractivity (Wildman–Crippen MR) is 164 cm³/mol. The van der Waals surface area contributed by atoms with Crippen molar-refractivity contribution >= 4 is 40.7 Å². The number of ether oxygens (including phenoxy) is 1. The molecule has 1 aromatic carbocycles. The van der Waals surface area contributed by atoms with Gasteiger partial charge in [0.05, 0.1) is 28.8 Å². The van der Waals surface area contributed by atoms with Gasteiger partial charge in [-0.25, -0.2) is 5.43 Å². The molecule has 236 valence electrons. The third-order valence-corrected chi connectivity index (χ3v) is 8.98. The van der Waals surface area contributed by atoms with E-state index in [4.69, 9.17) is 9.72 Å². The van der Waals surface area contributed by atoms with Crippen molar-refractivity contribution < 1.29 is 29.0 Å². The van der Waals surface area contributed by atoms with E-state index in [0.29, 0.717) is 50.8 Å². The summed E-state index contributed by atoms with van der Waals surface area (Å²) in [5.74, 6) is -2.09. The SMILES string of the molecule is CC(C)[C@@H]1OC(=O)C2(/C=C\c3ccc4ccc(nc4c3)[C@@H](C)NC(=O)[C@@H]3CCCN(N3)C(=O)[C@H](C)NC1=O)CCC(O)CC2. The van der Waals surface area contributed by atoms with Gasteiger partial charge in [-0.3, -0.25) is 29.2 Å². The maximum absolute atomic E-state index is 13.9. The van der Waals surface area contributed by atoms with E-state index in [2.05, 4.69) is 16.1 Å². The number of esters is 1. The summed E-state index contributed by atoms with van der Waals surface area (Å²) < 4.78 is 5.93. The molecule has 44 heavy (non-hydrogen) atoms. The Morgan fingerprint density at radius 3 is 2.41 bits per heavy atom. The smallest absolute Gasteiger partial charge is 0.316 e. The van der Waals surface area contributed by atoms with Gasteiger partial charge in [-0.15, -0.1) is 0 Å². The Labute approximate surface area is 257 Å². The minimum Gasteiger partial charge on any atom is -0.451 e. The van der Waals surface area contributed by atoms with Gasteiger partial charge in [0.25, 0.3) is 11.8 Å². The highest BCUT2D eigenvalue weighted by Gasteiger charge is 2.43. The van der Waals surface area contributed by atoms with Crippen LogP contribution >= 0.6 is 0 Å². The molecule has 11 nitrogen and oxygen atoms in total. The number of amides is 3. The number of benzene rings is 1. The van der Waals surface area contributed by atoms with E-state index in [-0.39, 0.29) is 17.9 Å². The lowest BCUT2D eigenvalue weighted by Crippen LogP contribution is -2.61. The van der Waals surface area contributed by atoms with Crippen LogP contribution in [0.2, 0.25) is 0 Å². The standard InChI is InChI=1S/C33H43N5O6/c1-19(2)28-30(41)35-21(4)31(42)38-17-5-6-26(37-38)29(40)34-20(3)25-10-9-23-8-7-22(18-27(23)36-25)11-14-33(32(43)44-28)15-12-24(39)13-16-33/h7-11,14,18-21,24,26,28,37,39H,5-6,12-13,15-17H2,1-4H3,(H,34,40)(H,35,41)/b14-11-/t20-,21+,24?,26+,28+,33?/m1/s1. The number of aliphatic hydroxyl groups is 1. The number of hydrogen-bond acceptors (Lipinski definition) is 8. The molecule has 4 N–H and O–H groups in total. The first-order valence-electron chi connectivity index (χ1n) is 15.6. The van der Waals surface area contributed by atoms with Gasteiger partial charge >= 0.3 is 5.97 Å². The monoisotopic (exact) mass is 605 g/mol. The van der Waals surface area contributed by atoms with Crippen molar-refractivity contribution in [1.29, 1.82) is 0 Å². The van der Waals surface area contributed by atoms with Crippen LogP contribution in [0.4, 0.5) is 0 Å². The topological polar surface area (TPSA) is 150 Å². The summed E-state index contributed by atoms with van der Waals surface area (Å²) in [5.41, 5.74) is 4.27. The molecule has 1 saturated carbocycles. The van der Waals surface area contributed by atoms with Crippen LogP contribution in [0.1, 0.15) is 83.5 Å². The molecule has 1 spiro atoms. The van der Waals surface area contributed by atoms with Gasteiger partial charge in [-0.05, 0) is 76.0 Å². The van der Waals surface area contributed by atoms with Crippen LogP contribution in [0.15, 0.2) is 36.4 Å². The van der Waals surface area contributed by atoms with Crippen molar-refractivity contribution in [3.05, 3.63) is 47.7 Å². The number of carbonyl (C=O) groups excluding carboxylic acids is 4. The van der Waals surface area contributed by atoms with E-state index >= 15 is 0 Å². The number of nitrogens with one attached hydrogen (secondary N) is 3. The Balaban J connectivity index is 1.53. The highest BCUT2D eigenvalue weighted by Crippen LogP contribution is 2.40. The van der Waals surface area contributed by atoms with E-state index in [9.17, 15) is 24.3 Å². The molecule has 4 atom stereocenters. The number of aliphatic hydroxyl groups excluding tert-OH is 1. The average Bonchev–Trinajstić information content (AvgIpc) is 3.01. The lowest BCUT2D eigenvalue weighted by atomic mass is 9.72. The molecule has 5 bridgehead atoms. The Bertz CT molecular complexity index is 1450. The Morgan fingerprint density at radius 1 is 0.977 bits per heavy atom. The largest absolute Gasteiger partial charge is 0.451 e. The molecule has 2 aromatic rings. The predicted octanol–water partition coefficient (Wildman–Crippen LogP) is 2.93. The molecule has 0 unspecified atom stereocenters. The van der Waals surface area contributed by atoms with E-state index in [1.54, 1.807) is 20.8 Å². The summed E-state index contributed by atoms with van der Waals surface area (Å²) in [6, 6.07) is 7.74. The summed E-state index contributed by atoms with van der Waals surface area (Å²) in [6.45, 7) is 7.39. The molecule has 1 saturated heterocycles. The summed E-state index contributed by atoms with van der Waals surface area (Å²) in [5, 5.41) is 18.3. The number of fused-ring (bicyclic) bond motifs is 4. The highest BCUT2D eigenvalue weighted by molar-refractivity contribution is 5.92. The number of rotatable bonds is 1. The van der Waals surface area contributed by atoms with E-state index in [0.717, 1.165) is 16.5 Å². The van der Waals surface area contributed by atoms with Crippen molar-refractivity contribution in [2.45, 2.75) is 96.6 Å². The lowest BCUT2D eigenvalue weighted by Gasteiger charge is -2.36. The third kappa shape index (κ3) is 6.78. The molecule has 3 aliphatic rings. The Hall–Kier alpha value is -3.83. The van der Waals surface area contributed by atoms with Crippen LogP contribution in [0, 0.1) is 11.3 Å². The van der Waals surface area contributed by atoms with Gasteiger partial charge in [-0.2, -0.15) is 0 Å². The van der Waals surface area contributed by atoms with Crippen LogP contribution in [0.25, 0.3) is 17.0 Å². The van der Waals surface area contributed by atoms with Crippen LogP contribution in [0.3, 0.4) is 0 Å². The molecule has 1 aromatic heterocycles. The number of cyclic esters (lactones) is 1. The van der Waals surface area contributed by atoms with Crippen molar-refractivity contribution in [2.24, 2.45) is 11.3 Å². The molecule has 3 heterocycles. The zero-order chi connectivity index (χ0) is 31.6. The second kappa shape index (κ2) is 13.0. The van der Waals surface area contributed by atoms with Crippen molar-refractivity contribution in [3.63, 3.8) is 0 Å². The van der Waals surface area contributed by atoms with Crippen molar-refractivity contribution in [1.82, 2.24) is 26.1 Å². The number of aromatic nitrogens is 1. The zero-order valence-corrected chi connectivity index (χ0v) is 25.8. The molecular weight excluding hydrogens is 562 g/mol. The Morgan fingerprint density at radius 2 is 1.68 bits per heavy atom. The maximum Gasteiger partial charge on any atom is 0.316 e. The van der Waals surface area contributed by atoms with Crippen molar-refractivity contribution in [2.75, 3.05) is 6.54 Å². The first kappa shape index (κ1) is 31.6. The fourth-order valence-electron chi connectivity index (χ4n) is 6.15. The summed E-state index contributed by atoms with van der Waals surface area (Å²) in [7, 11) is 0.